The number of ether oxygens (including phenoxy) is 1. The minimum Gasteiger partial charge on any atom is -0.497 e. The van der Waals surface area contributed by atoms with Crippen LogP contribution in [0.15, 0.2) is 36.9 Å². The number of benzene rings is 1. The molecule has 1 aromatic carbocycles. The topological polar surface area (TPSA) is 46.4 Å². The first kappa shape index (κ1) is 16.8. The van der Waals surface area contributed by atoms with Crippen molar-refractivity contribution in [2.45, 2.75) is 32.4 Å². The van der Waals surface area contributed by atoms with Gasteiger partial charge in [-0.25, -0.2) is 9.67 Å². The number of piperazine rings is 1. The number of nitrogens with zero attached hydrogens (tertiary/aromatic N) is 5. The van der Waals surface area contributed by atoms with Gasteiger partial charge in [0.2, 0.25) is 0 Å². The van der Waals surface area contributed by atoms with Crippen LogP contribution in [0.2, 0.25) is 0 Å². The van der Waals surface area contributed by atoms with Gasteiger partial charge < -0.3 is 9.64 Å². The molecular weight excluding hydrogens is 302 g/mol. The standard InChI is InChI=1S/C18H27N5O/c1-15(23-14-19-13-20-23)11-21-9-10-22(18(2,3)12-21)16-5-7-17(24-4)8-6-16/h5-8,13-15H,9-12H2,1-4H3. The van der Waals surface area contributed by atoms with Gasteiger partial charge in [-0.1, -0.05) is 0 Å². The molecule has 2 aromatic rings. The second-order valence-electron chi connectivity index (χ2n) is 7.12. The van der Waals surface area contributed by atoms with Gasteiger partial charge in [0.15, 0.2) is 0 Å². The third-order valence-corrected chi connectivity index (χ3v) is 4.78. The molecule has 0 N–H and O–H groups in total. The molecule has 0 amide bonds. The third kappa shape index (κ3) is 3.53. The molecule has 1 aliphatic heterocycles. The molecule has 2 heterocycles. The van der Waals surface area contributed by atoms with E-state index in [-0.39, 0.29) is 5.54 Å². The van der Waals surface area contributed by atoms with Crippen LogP contribution in [-0.2, 0) is 0 Å². The summed E-state index contributed by atoms with van der Waals surface area (Å²) in [5.74, 6) is 0.900. The molecule has 1 aliphatic rings. The van der Waals surface area contributed by atoms with Gasteiger partial charge in [0, 0.05) is 37.4 Å². The van der Waals surface area contributed by atoms with Gasteiger partial charge >= 0.3 is 0 Å². The summed E-state index contributed by atoms with van der Waals surface area (Å²) in [6, 6.07) is 8.69. The van der Waals surface area contributed by atoms with Crippen LogP contribution in [0.1, 0.15) is 26.8 Å². The van der Waals surface area contributed by atoms with Gasteiger partial charge in [0.25, 0.3) is 0 Å². The lowest BCUT2D eigenvalue weighted by Gasteiger charge is -2.49. The molecule has 6 nitrogen and oxygen atoms in total. The Morgan fingerprint density at radius 3 is 2.54 bits per heavy atom. The predicted molar refractivity (Wildman–Crippen MR) is 95.6 cm³/mol. The molecule has 1 fully saturated rings. The zero-order valence-corrected chi connectivity index (χ0v) is 15.0. The normalized spacial score (nSPS) is 19.2. The smallest absolute Gasteiger partial charge is 0.137 e. The van der Waals surface area contributed by atoms with Crippen molar-refractivity contribution >= 4 is 5.69 Å². The highest BCUT2D eigenvalue weighted by atomic mass is 16.5. The lowest BCUT2D eigenvalue weighted by molar-refractivity contribution is 0.160. The molecule has 6 heteroatoms. The Bertz CT molecular complexity index is 638. The molecule has 0 saturated carbocycles. The number of aromatic nitrogens is 3. The van der Waals surface area contributed by atoms with Crippen LogP contribution < -0.4 is 9.64 Å². The number of hydrogen-bond donors (Lipinski definition) is 0. The predicted octanol–water partition coefficient (Wildman–Crippen LogP) is 2.45. The molecule has 3 rings (SSSR count). The molecule has 24 heavy (non-hydrogen) atoms. The molecule has 0 aliphatic carbocycles. The maximum absolute atomic E-state index is 5.26. The number of anilines is 1. The first-order valence-electron chi connectivity index (χ1n) is 8.48. The summed E-state index contributed by atoms with van der Waals surface area (Å²) in [5.41, 5.74) is 1.33. The van der Waals surface area contributed by atoms with Crippen molar-refractivity contribution in [3.8, 4) is 5.75 Å². The third-order valence-electron chi connectivity index (χ3n) is 4.78. The number of rotatable bonds is 5. The minimum absolute atomic E-state index is 0.0783. The SMILES string of the molecule is COc1ccc(N2CCN(CC(C)n3cncn3)CC2(C)C)cc1. The lowest BCUT2D eigenvalue weighted by atomic mass is 9.97. The second kappa shape index (κ2) is 6.81. The zero-order chi connectivity index (χ0) is 17.2. The molecular formula is C18H27N5O. The first-order chi connectivity index (χ1) is 11.5. The molecule has 0 bridgehead atoms. The summed E-state index contributed by atoms with van der Waals surface area (Å²) < 4.78 is 7.20. The van der Waals surface area contributed by atoms with E-state index < -0.39 is 0 Å². The van der Waals surface area contributed by atoms with Crippen LogP contribution >= 0.6 is 0 Å². The molecule has 1 atom stereocenters. The van der Waals surface area contributed by atoms with Crippen molar-refractivity contribution < 1.29 is 4.74 Å². The fourth-order valence-corrected chi connectivity index (χ4v) is 3.55. The van der Waals surface area contributed by atoms with Crippen molar-refractivity contribution in [2.24, 2.45) is 0 Å². The maximum Gasteiger partial charge on any atom is 0.137 e. The largest absolute Gasteiger partial charge is 0.497 e. The van der Waals surface area contributed by atoms with Crippen LogP contribution in [0, 0.1) is 0 Å². The van der Waals surface area contributed by atoms with Crippen LogP contribution in [0.3, 0.4) is 0 Å². The van der Waals surface area contributed by atoms with E-state index in [0.717, 1.165) is 31.9 Å². The van der Waals surface area contributed by atoms with E-state index in [4.69, 9.17) is 4.74 Å². The van der Waals surface area contributed by atoms with Crippen molar-refractivity contribution in [3.63, 3.8) is 0 Å². The lowest BCUT2D eigenvalue weighted by Crippen LogP contribution is -2.60. The van der Waals surface area contributed by atoms with Crippen LogP contribution in [0.5, 0.6) is 5.75 Å². The minimum atomic E-state index is 0.0783. The average molecular weight is 329 g/mol. The van der Waals surface area contributed by atoms with Crippen molar-refractivity contribution in [1.82, 2.24) is 19.7 Å². The summed E-state index contributed by atoms with van der Waals surface area (Å²) in [6.45, 7) is 10.9. The Labute approximate surface area is 144 Å². The van der Waals surface area contributed by atoms with Crippen LogP contribution in [-0.4, -0.2) is 58.5 Å². The first-order valence-corrected chi connectivity index (χ1v) is 8.48. The van der Waals surface area contributed by atoms with E-state index in [1.54, 1.807) is 19.8 Å². The van der Waals surface area contributed by atoms with Gasteiger partial charge in [0.05, 0.1) is 13.2 Å². The Hall–Kier alpha value is -2.08. The summed E-state index contributed by atoms with van der Waals surface area (Å²) in [7, 11) is 1.70. The van der Waals surface area contributed by atoms with Crippen LogP contribution in [0.4, 0.5) is 5.69 Å². The Balaban J connectivity index is 1.65. The Morgan fingerprint density at radius 2 is 1.96 bits per heavy atom. The van der Waals surface area contributed by atoms with Crippen molar-refractivity contribution in [2.75, 3.05) is 38.2 Å². The summed E-state index contributed by atoms with van der Waals surface area (Å²) in [6.07, 6.45) is 3.39. The number of methoxy groups -OCH3 is 1. The van der Waals surface area contributed by atoms with Gasteiger partial charge in [-0.2, -0.15) is 5.10 Å². The van der Waals surface area contributed by atoms with Gasteiger partial charge in [-0.05, 0) is 45.0 Å². The molecule has 0 spiro atoms. The number of hydrogen-bond acceptors (Lipinski definition) is 5. The second-order valence-corrected chi connectivity index (χ2v) is 7.12. The van der Waals surface area contributed by atoms with Crippen molar-refractivity contribution in [3.05, 3.63) is 36.9 Å². The van der Waals surface area contributed by atoms with Gasteiger partial charge in [0.1, 0.15) is 18.4 Å². The molecule has 1 aromatic heterocycles. The highest BCUT2D eigenvalue weighted by Crippen LogP contribution is 2.29. The molecule has 0 radical (unpaired) electrons. The van der Waals surface area contributed by atoms with Gasteiger partial charge in [-0.15, -0.1) is 0 Å². The monoisotopic (exact) mass is 329 g/mol. The fraction of sp³-hybridized carbons (Fsp3) is 0.556. The maximum atomic E-state index is 5.26. The fourth-order valence-electron chi connectivity index (χ4n) is 3.55. The van der Waals surface area contributed by atoms with E-state index in [1.807, 2.05) is 16.8 Å². The summed E-state index contributed by atoms with van der Waals surface area (Å²) in [4.78, 5) is 9.05. The Morgan fingerprint density at radius 1 is 1.21 bits per heavy atom. The summed E-state index contributed by atoms with van der Waals surface area (Å²) in [5, 5.41) is 4.25. The van der Waals surface area contributed by atoms with E-state index >= 15 is 0 Å². The van der Waals surface area contributed by atoms with E-state index in [2.05, 4.69) is 52.8 Å². The van der Waals surface area contributed by atoms with E-state index in [9.17, 15) is 0 Å². The van der Waals surface area contributed by atoms with Crippen LogP contribution in [0.25, 0.3) is 0 Å². The summed E-state index contributed by atoms with van der Waals surface area (Å²) >= 11 is 0. The van der Waals surface area contributed by atoms with E-state index in [0.29, 0.717) is 6.04 Å². The molecule has 1 unspecified atom stereocenters. The van der Waals surface area contributed by atoms with E-state index in [1.165, 1.54) is 5.69 Å². The van der Waals surface area contributed by atoms with Crippen molar-refractivity contribution in [1.29, 1.82) is 0 Å². The average Bonchev–Trinajstić information content (AvgIpc) is 3.09. The van der Waals surface area contributed by atoms with Gasteiger partial charge in [-0.3, -0.25) is 4.90 Å². The Kier molecular flexibility index (Phi) is 4.76. The zero-order valence-electron chi connectivity index (χ0n) is 15.0. The molecule has 1 saturated heterocycles. The quantitative estimate of drug-likeness (QED) is 0.843. The highest BCUT2D eigenvalue weighted by molar-refractivity contribution is 5.51. The molecule has 130 valence electrons. The highest BCUT2D eigenvalue weighted by Gasteiger charge is 2.34.